The van der Waals surface area contributed by atoms with Crippen LogP contribution in [0.5, 0.6) is 5.75 Å². The molecule has 0 aliphatic carbocycles. The van der Waals surface area contributed by atoms with Gasteiger partial charge >= 0.3 is 0 Å². The minimum absolute atomic E-state index is 0.0288. The van der Waals surface area contributed by atoms with E-state index in [-0.39, 0.29) is 5.69 Å². The maximum atomic E-state index is 11.0. The molecule has 6 nitrogen and oxygen atoms in total. The van der Waals surface area contributed by atoms with E-state index in [1.54, 1.807) is 17.8 Å². The second-order valence-electron chi connectivity index (χ2n) is 5.73. The highest BCUT2D eigenvalue weighted by Gasteiger charge is 2.52. The predicted molar refractivity (Wildman–Crippen MR) is 96.8 cm³/mol. The Morgan fingerprint density at radius 3 is 2.84 bits per heavy atom. The quantitative estimate of drug-likeness (QED) is 0.605. The number of nitrogens with zero attached hydrogens (tertiary/aromatic N) is 2. The minimum Gasteiger partial charge on any atom is -0.491 e. The number of thioether (sulfide) groups is 1. The summed E-state index contributed by atoms with van der Waals surface area (Å²) in [5, 5.41) is 10.2. The Kier molecular flexibility index (Phi) is 3.61. The second-order valence-corrected chi connectivity index (χ2v) is 6.93. The van der Waals surface area contributed by atoms with Crippen LogP contribution >= 0.6 is 11.8 Å². The molecule has 2 aromatic carbocycles. The molecule has 0 radical (unpaired) electrons. The number of hydrogen-bond donors (Lipinski definition) is 0. The molecule has 0 fully saturated rings. The Hall–Kier alpha value is -2.67. The molecule has 2 aliphatic heterocycles. The lowest BCUT2D eigenvalue weighted by Gasteiger charge is -2.40. The molecular weight excluding hydrogens is 340 g/mol. The van der Waals surface area contributed by atoms with Gasteiger partial charge < -0.3 is 14.4 Å². The standard InChI is InChI=1S/C18H16N2O4S/c1-3-23-17-11-12-10-13(20(21)22)8-9-15(12)24-18(17)19(2)14-6-4-5-7-16(14)25-18/h4-11H,3H2,1-2H3. The smallest absolute Gasteiger partial charge is 0.294 e. The Labute approximate surface area is 149 Å². The highest BCUT2D eigenvalue weighted by Crippen LogP contribution is 2.56. The fourth-order valence-electron chi connectivity index (χ4n) is 3.08. The molecule has 128 valence electrons. The number of para-hydroxylation sites is 1. The third-order valence-corrected chi connectivity index (χ3v) is 5.67. The van der Waals surface area contributed by atoms with Crippen LogP contribution in [0.15, 0.2) is 53.1 Å². The predicted octanol–water partition coefficient (Wildman–Crippen LogP) is 4.26. The lowest BCUT2D eigenvalue weighted by molar-refractivity contribution is -0.384. The number of ether oxygens (including phenoxy) is 2. The first-order chi connectivity index (χ1) is 12.0. The highest BCUT2D eigenvalue weighted by atomic mass is 32.2. The van der Waals surface area contributed by atoms with Gasteiger partial charge in [0, 0.05) is 29.6 Å². The Morgan fingerprint density at radius 2 is 2.12 bits per heavy atom. The summed E-state index contributed by atoms with van der Waals surface area (Å²) in [7, 11) is 1.96. The van der Waals surface area contributed by atoms with E-state index in [0.29, 0.717) is 23.7 Å². The van der Waals surface area contributed by atoms with Crippen LogP contribution in [0.1, 0.15) is 12.5 Å². The molecule has 0 bridgehead atoms. The number of benzene rings is 2. The van der Waals surface area contributed by atoms with Crippen molar-refractivity contribution >= 4 is 29.2 Å². The van der Waals surface area contributed by atoms with Gasteiger partial charge in [-0.25, -0.2) is 0 Å². The van der Waals surface area contributed by atoms with E-state index in [4.69, 9.17) is 9.47 Å². The largest absolute Gasteiger partial charge is 0.491 e. The van der Waals surface area contributed by atoms with Crippen LogP contribution < -0.4 is 9.64 Å². The van der Waals surface area contributed by atoms with Crippen molar-refractivity contribution in [2.75, 3.05) is 18.6 Å². The molecule has 1 spiro atoms. The fourth-order valence-corrected chi connectivity index (χ4v) is 4.42. The third-order valence-electron chi connectivity index (χ3n) is 4.27. The molecule has 0 saturated carbocycles. The molecule has 1 atom stereocenters. The van der Waals surface area contributed by atoms with Gasteiger partial charge in [-0.05, 0) is 43.0 Å². The molecule has 0 amide bonds. The zero-order valence-electron chi connectivity index (χ0n) is 13.8. The number of non-ortho nitro benzene ring substituents is 1. The van der Waals surface area contributed by atoms with E-state index in [1.165, 1.54) is 12.1 Å². The van der Waals surface area contributed by atoms with Gasteiger partial charge in [-0.3, -0.25) is 10.1 Å². The monoisotopic (exact) mass is 356 g/mol. The van der Waals surface area contributed by atoms with Crippen LogP contribution in [0.4, 0.5) is 11.4 Å². The van der Waals surface area contributed by atoms with E-state index in [1.807, 2.05) is 49.2 Å². The first-order valence-electron chi connectivity index (χ1n) is 7.89. The number of rotatable bonds is 3. The molecule has 1 unspecified atom stereocenters. The first kappa shape index (κ1) is 15.8. The maximum absolute atomic E-state index is 11.0. The van der Waals surface area contributed by atoms with Crippen molar-refractivity contribution in [2.24, 2.45) is 0 Å². The number of fused-ring (bicyclic) bond motifs is 2. The van der Waals surface area contributed by atoms with Crippen LogP contribution in [0.25, 0.3) is 6.08 Å². The SMILES string of the molecule is CCOC1=Cc2cc([N+](=O)[O-])ccc2OC12Sc1ccccc1N2C. The molecule has 7 heteroatoms. The second kappa shape index (κ2) is 5.70. The maximum Gasteiger partial charge on any atom is 0.294 e. The summed E-state index contributed by atoms with van der Waals surface area (Å²) < 4.78 is 12.2. The van der Waals surface area contributed by atoms with Crippen LogP contribution in [-0.2, 0) is 4.74 Å². The van der Waals surface area contributed by atoms with Gasteiger partial charge in [-0.1, -0.05) is 12.1 Å². The van der Waals surface area contributed by atoms with Crippen LogP contribution in [0, 0.1) is 10.1 Å². The van der Waals surface area contributed by atoms with Gasteiger partial charge in [0.2, 0.25) is 0 Å². The number of anilines is 1. The Morgan fingerprint density at radius 1 is 1.32 bits per heavy atom. The van der Waals surface area contributed by atoms with Crippen molar-refractivity contribution < 1.29 is 14.4 Å². The number of nitro groups is 1. The van der Waals surface area contributed by atoms with Gasteiger partial charge in [-0.15, -0.1) is 0 Å². The summed E-state index contributed by atoms with van der Waals surface area (Å²) in [4.78, 5) is 13.8. The minimum atomic E-state index is -0.844. The zero-order valence-corrected chi connectivity index (χ0v) is 14.6. The van der Waals surface area contributed by atoms with Crippen molar-refractivity contribution in [1.82, 2.24) is 0 Å². The molecule has 25 heavy (non-hydrogen) atoms. The van der Waals surface area contributed by atoms with Crippen LogP contribution in [0.2, 0.25) is 0 Å². The highest BCUT2D eigenvalue weighted by molar-refractivity contribution is 8.01. The average Bonchev–Trinajstić information content (AvgIpc) is 2.88. The van der Waals surface area contributed by atoms with Crippen molar-refractivity contribution in [3.8, 4) is 5.75 Å². The molecular formula is C18H16N2O4S. The lowest BCUT2D eigenvalue weighted by Crippen LogP contribution is -2.49. The van der Waals surface area contributed by atoms with Crippen molar-refractivity contribution in [2.45, 2.75) is 16.9 Å². The van der Waals surface area contributed by atoms with E-state index < -0.39 is 9.98 Å². The van der Waals surface area contributed by atoms with Gasteiger partial charge in [0.15, 0.2) is 5.76 Å². The molecule has 2 heterocycles. The molecule has 4 rings (SSSR count). The summed E-state index contributed by atoms with van der Waals surface area (Å²) >= 11 is 1.57. The molecule has 2 aromatic rings. The Balaban J connectivity index is 1.83. The number of hydrogen-bond acceptors (Lipinski definition) is 6. The van der Waals surface area contributed by atoms with Gasteiger partial charge in [0.05, 0.1) is 17.2 Å². The molecule has 2 aliphatic rings. The van der Waals surface area contributed by atoms with Crippen molar-refractivity contribution in [1.29, 1.82) is 0 Å². The number of likely N-dealkylation sites (N-methyl/N-ethyl adjacent to an activating group) is 1. The van der Waals surface area contributed by atoms with Crippen molar-refractivity contribution in [3.05, 3.63) is 63.9 Å². The zero-order chi connectivity index (χ0) is 17.6. The lowest BCUT2D eigenvalue weighted by atomic mass is 10.1. The van der Waals surface area contributed by atoms with E-state index >= 15 is 0 Å². The molecule has 0 saturated heterocycles. The summed E-state index contributed by atoms with van der Waals surface area (Å²) in [6.07, 6.45) is 1.84. The van der Waals surface area contributed by atoms with Gasteiger partial charge in [0.1, 0.15) is 5.75 Å². The summed E-state index contributed by atoms with van der Waals surface area (Å²) in [6, 6.07) is 12.7. The fraction of sp³-hybridized carbons (Fsp3) is 0.222. The van der Waals surface area contributed by atoms with E-state index in [9.17, 15) is 10.1 Å². The van der Waals surface area contributed by atoms with Gasteiger partial charge in [-0.2, -0.15) is 0 Å². The topological polar surface area (TPSA) is 64.8 Å². The van der Waals surface area contributed by atoms with Crippen molar-refractivity contribution in [3.63, 3.8) is 0 Å². The molecule has 0 aromatic heterocycles. The van der Waals surface area contributed by atoms with Crippen LogP contribution in [0.3, 0.4) is 0 Å². The summed E-state index contributed by atoms with van der Waals surface area (Å²) in [5.41, 5.74) is 1.73. The summed E-state index contributed by atoms with van der Waals surface area (Å²) in [5.74, 6) is 1.23. The van der Waals surface area contributed by atoms with Crippen LogP contribution in [-0.4, -0.2) is 23.6 Å². The Bertz CT molecular complexity index is 898. The van der Waals surface area contributed by atoms with Gasteiger partial charge in [0.25, 0.3) is 10.7 Å². The molecule has 0 N–H and O–H groups in total. The van der Waals surface area contributed by atoms with E-state index in [2.05, 4.69) is 0 Å². The first-order valence-corrected chi connectivity index (χ1v) is 8.71. The number of nitro benzene ring substituents is 1. The van der Waals surface area contributed by atoms with E-state index in [0.717, 1.165) is 10.6 Å². The average molecular weight is 356 g/mol. The third kappa shape index (κ3) is 2.34. The normalized spacial score (nSPS) is 20.6. The summed E-state index contributed by atoms with van der Waals surface area (Å²) in [6.45, 7) is 2.39.